The number of fused-ring (bicyclic) bond motifs is 1. The summed E-state index contributed by atoms with van der Waals surface area (Å²) < 4.78 is 5.27. The number of nitrogens with one attached hydrogen (secondary N) is 1. The van der Waals surface area contributed by atoms with Crippen molar-refractivity contribution in [2.75, 3.05) is 7.11 Å². The van der Waals surface area contributed by atoms with Crippen LogP contribution in [0.1, 0.15) is 37.8 Å². The highest BCUT2D eigenvalue weighted by molar-refractivity contribution is 5.85. The van der Waals surface area contributed by atoms with Gasteiger partial charge in [-0.15, -0.1) is 0 Å². The lowest BCUT2D eigenvalue weighted by Gasteiger charge is -2.38. The highest BCUT2D eigenvalue weighted by Gasteiger charge is 2.40. The number of nitrogens with two attached hydrogens (primary N) is 1. The summed E-state index contributed by atoms with van der Waals surface area (Å²) in [7, 11) is 1.66. The molecule has 110 valence electrons. The van der Waals surface area contributed by atoms with Gasteiger partial charge in [0.15, 0.2) is 0 Å². The molecule has 0 radical (unpaired) electrons. The molecule has 0 spiro atoms. The molecule has 0 aliphatic heterocycles. The van der Waals surface area contributed by atoms with Crippen molar-refractivity contribution in [3.05, 3.63) is 29.3 Å². The monoisotopic (exact) mass is 276 g/mol. The highest BCUT2D eigenvalue weighted by atomic mass is 16.5. The number of aryl methyl sites for hydroxylation is 1. The first-order chi connectivity index (χ1) is 9.50. The lowest BCUT2D eigenvalue weighted by molar-refractivity contribution is -0.125. The minimum absolute atomic E-state index is 0.258. The van der Waals surface area contributed by atoms with Crippen molar-refractivity contribution in [2.45, 2.75) is 51.1 Å². The Morgan fingerprint density at radius 1 is 1.50 bits per heavy atom. The van der Waals surface area contributed by atoms with Gasteiger partial charge < -0.3 is 15.8 Å². The first-order valence-corrected chi connectivity index (χ1v) is 7.24. The molecular formula is C16H24N2O2. The normalized spacial score (nSPS) is 22.9. The van der Waals surface area contributed by atoms with E-state index in [2.05, 4.69) is 25.2 Å². The van der Waals surface area contributed by atoms with Gasteiger partial charge in [-0.1, -0.05) is 13.0 Å². The largest absolute Gasteiger partial charge is 0.497 e. The molecular weight excluding hydrogens is 252 g/mol. The van der Waals surface area contributed by atoms with E-state index < -0.39 is 5.54 Å². The lowest BCUT2D eigenvalue weighted by atomic mass is 9.77. The summed E-state index contributed by atoms with van der Waals surface area (Å²) in [5.41, 5.74) is 7.51. The second-order valence-electron chi connectivity index (χ2n) is 5.71. The molecule has 2 atom stereocenters. The van der Waals surface area contributed by atoms with Crippen molar-refractivity contribution >= 4 is 5.91 Å². The van der Waals surface area contributed by atoms with Gasteiger partial charge >= 0.3 is 0 Å². The summed E-state index contributed by atoms with van der Waals surface area (Å²) in [6.45, 7) is 4.19. The first-order valence-electron chi connectivity index (χ1n) is 7.24. The smallest absolute Gasteiger partial charge is 0.238 e. The zero-order valence-corrected chi connectivity index (χ0v) is 12.5. The van der Waals surface area contributed by atoms with Gasteiger partial charge in [0.1, 0.15) is 11.3 Å². The zero-order chi connectivity index (χ0) is 14.8. The molecule has 3 N–H and O–H groups in total. The molecule has 0 saturated carbocycles. The second kappa shape index (κ2) is 5.83. The fourth-order valence-corrected chi connectivity index (χ4v) is 2.88. The molecule has 20 heavy (non-hydrogen) atoms. The number of ether oxygens (including phenoxy) is 1. The number of primary amides is 1. The fourth-order valence-electron chi connectivity index (χ4n) is 2.88. The van der Waals surface area contributed by atoms with Crippen molar-refractivity contribution in [1.82, 2.24) is 5.32 Å². The summed E-state index contributed by atoms with van der Waals surface area (Å²) >= 11 is 0. The van der Waals surface area contributed by atoms with Crippen LogP contribution < -0.4 is 15.8 Å². The van der Waals surface area contributed by atoms with Crippen LogP contribution >= 0.6 is 0 Å². The summed E-state index contributed by atoms with van der Waals surface area (Å²) in [5, 5.41) is 3.44. The Balaban J connectivity index is 2.31. The van der Waals surface area contributed by atoms with E-state index >= 15 is 0 Å². The Labute approximate surface area is 120 Å². The Morgan fingerprint density at radius 3 is 2.85 bits per heavy atom. The maximum atomic E-state index is 12.0. The van der Waals surface area contributed by atoms with E-state index in [4.69, 9.17) is 10.5 Å². The van der Waals surface area contributed by atoms with Crippen LogP contribution in [0, 0.1) is 0 Å². The molecule has 0 aromatic heterocycles. The molecule has 0 bridgehead atoms. The second-order valence-corrected chi connectivity index (χ2v) is 5.71. The van der Waals surface area contributed by atoms with E-state index in [9.17, 15) is 4.79 Å². The molecule has 1 aromatic carbocycles. The van der Waals surface area contributed by atoms with Gasteiger partial charge in [0.2, 0.25) is 5.91 Å². The predicted octanol–water partition coefficient (Wildman–Crippen LogP) is 1.80. The van der Waals surface area contributed by atoms with Crippen molar-refractivity contribution in [3.63, 3.8) is 0 Å². The summed E-state index contributed by atoms with van der Waals surface area (Å²) in [6, 6.07) is 6.35. The van der Waals surface area contributed by atoms with Crippen LogP contribution in [0.3, 0.4) is 0 Å². The maximum Gasteiger partial charge on any atom is 0.238 e. The summed E-state index contributed by atoms with van der Waals surface area (Å²) in [5.74, 6) is 0.568. The standard InChI is InChI=1S/C16H24N2O2/c1-4-11(2)18-16(15(17)19)8-7-12-5-6-14(20-3)9-13(12)10-16/h5-6,9,11,18H,4,7-8,10H2,1-3H3,(H2,17,19). The number of rotatable bonds is 5. The molecule has 1 aromatic rings. The molecule has 0 fully saturated rings. The van der Waals surface area contributed by atoms with E-state index in [0.717, 1.165) is 30.6 Å². The highest BCUT2D eigenvalue weighted by Crippen LogP contribution is 2.31. The van der Waals surface area contributed by atoms with Crippen LogP contribution in [0.4, 0.5) is 0 Å². The first kappa shape index (κ1) is 14.9. The van der Waals surface area contributed by atoms with Crippen LogP contribution in [0.5, 0.6) is 5.75 Å². The van der Waals surface area contributed by atoms with Crippen LogP contribution in [-0.2, 0) is 17.6 Å². The molecule has 0 saturated heterocycles. The third-order valence-corrected chi connectivity index (χ3v) is 4.33. The van der Waals surface area contributed by atoms with Crippen LogP contribution in [0.25, 0.3) is 0 Å². The average Bonchev–Trinajstić information content (AvgIpc) is 2.46. The number of benzene rings is 1. The summed E-state index contributed by atoms with van der Waals surface area (Å²) in [4.78, 5) is 12.0. The Kier molecular flexibility index (Phi) is 4.33. The van der Waals surface area contributed by atoms with Gasteiger partial charge in [-0.2, -0.15) is 0 Å². The molecule has 1 amide bonds. The van der Waals surface area contributed by atoms with E-state index in [-0.39, 0.29) is 11.9 Å². The van der Waals surface area contributed by atoms with Crippen molar-refractivity contribution in [3.8, 4) is 5.75 Å². The van der Waals surface area contributed by atoms with Crippen LogP contribution in [-0.4, -0.2) is 24.6 Å². The summed E-state index contributed by atoms with van der Waals surface area (Å²) in [6.07, 6.45) is 3.23. The van der Waals surface area contributed by atoms with Gasteiger partial charge in [0.05, 0.1) is 7.11 Å². The number of methoxy groups -OCH3 is 1. The fraction of sp³-hybridized carbons (Fsp3) is 0.562. The number of carbonyl (C=O) groups is 1. The van der Waals surface area contributed by atoms with E-state index in [1.165, 1.54) is 5.56 Å². The Morgan fingerprint density at radius 2 is 2.25 bits per heavy atom. The van der Waals surface area contributed by atoms with Crippen molar-refractivity contribution in [1.29, 1.82) is 0 Å². The molecule has 2 rings (SSSR count). The number of hydrogen-bond acceptors (Lipinski definition) is 3. The molecule has 2 unspecified atom stereocenters. The number of amides is 1. The molecule has 4 heteroatoms. The van der Waals surface area contributed by atoms with Crippen LogP contribution in [0.2, 0.25) is 0 Å². The number of hydrogen-bond donors (Lipinski definition) is 2. The zero-order valence-electron chi connectivity index (χ0n) is 12.5. The minimum atomic E-state index is -0.630. The van der Waals surface area contributed by atoms with E-state index in [1.54, 1.807) is 7.11 Å². The van der Waals surface area contributed by atoms with Gasteiger partial charge in [0, 0.05) is 12.5 Å². The third kappa shape index (κ3) is 2.80. The van der Waals surface area contributed by atoms with Crippen LogP contribution in [0.15, 0.2) is 18.2 Å². The lowest BCUT2D eigenvalue weighted by Crippen LogP contribution is -2.60. The quantitative estimate of drug-likeness (QED) is 0.862. The Hall–Kier alpha value is -1.55. The third-order valence-electron chi connectivity index (χ3n) is 4.33. The average molecular weight is 276 g/mol. The minimum Gasteiger partial charge on any atom is -0.497 e. The number of carbonyl (C=O) groups excluding carboxylic acids is 1. The van der Waals surface area contributed by atoms with E-state index in [1.807, 2.05) is 12.1 Å². The van der Waals surface area contributed by atoms with Gasteiger partial charge in [-0.3, -0.25) is 4.79 Å². The molecule has 4 nitrogen and oxygen atoms in total. The van der Waals surface area contributed by atoms with Crippen molar-refractivity contribution < 1.29 is 9.53 Å². The van der Waals surface area contributed by atoms with Gasteiger partial charge in [-0.25, -0.2) is 0 Å². The SMILES string of the molecule is CCC(C)NC1(C(N)=O)CCc2ccc(OC)cc2C1. The topological polar surface area (TPSA) is 64.3 Å². The maximum absolute atomic E-state index is 12.0. The molecule has 0 heterocycles. The molecule has 1 aliphatic rings. The van der Waals surface area contributed by atoms with E-state index in [0.29, 0.717) is 6.42 Å². The van der Waals surface area contributed by atoms with Crippen molar-refractivity contribution in [2.24, 2.45) is 5.73 Å². The molecule has 1 aliphatic carbocycles. The van der Waals surface area contributed by atoms with Gasteiger partial charge in [-0.05, 0) is 49.4 Å². The predicted molar refractivity (Wildman–Crippen MR) is 79.8 cm³/mol. The van der Waals surface area contributed by atoms with Gasteiger partial charge in [0.25, 0.3) is 0 Å². The Bertz CT molecular complexity index is 501.